The lowest BCUT2D eigenvalue weighted by atomic mass is 10.1. The van der Waals surface area contributed by atoms with Crippen molar-refractivity contribution < 1.29 is 9.53 Å². The van der Waals surface area contributed by atoms with Gasteiger partial charge in [-0.05, 0) is 60.5 Å². The maximum absolute atomic E-state index is 12.5. The summed E-state index contributed by atoms with van der Waals surface area (Å²) in [6.07, 6.45) is 7.32. The fraction of sp³-hybridized carbons (Fsp3) is 0.280. The third kappa shape index (κ3) is 4.79. The number of anilines is 1. The lowest BCUT2D eigenvalue weighted by molar-refractivity contribution is 0.0945. The summed E-state index contributed by atoms with van der Waals surface area (Å²) in [5, 5.41) is 12.6. The molecular formula is C25H26N6O2. The second-order valence-corrected chi connectivity index (χ2v) is 8.31. The van der Waals surface area contributed by atoms with Crippen molar-refractivity contribution in [3.05, 3.63) is 77.9 Å². The van der Waals surface area contributed by atoms with Crippen molar-refractivity contribution in [3.63, 3.8) is 0 Å². The number of fused-ring (bicyclic) bond motifs is 1. The fourth-order valence-corrected chi connectivity index (χ4v) is 4.16. The number of aromatic nitrogens is 4. The van der Waals surface area contributed by atoms with Crippen LogP contribution in [0.15, 0.2) is 61.1 Å². The van der Waals surface area contributed by atoms with Crippen molar-refractivity contribution in [2.45, 2.75) is 32.4 Å². The number of hydrogen-bond acceptors (Lipinski definition) is 6. The topological polar surface area (TPSA) is 96.0 Å². The maximum Gasteiger partial charge on any atom is 0.272 e. The predicted molar refractivity (Wildman–Crippen MR) is 126 cm³/mol. The number of aryl methyl sites for hydroxylation is 1. The van der Waals surface area contributed by atoms with Gasteiger partial charge in [-0.1, -0.05) is 0 Å². The second-order valence-electron chi connectivity index (χ2n) is 8.31. The number of aromatic amines is 1. The number of carbonyl (C=O) groups excluding carboxylic acids is 1. The van der Waals surface area contributed by atoms with E-state index in [1.54, 1.807) is 18.5 Å². The number of benzene rings is 1. The number of piperidine rings is 1. The van der Waals surface area contributed by atoms with Gasteiger partial charge in [0, 0.05) is 62.0 Å². The van der Waals surface area contributed by atoms with Crippen LogP contribution >= 0.6 is 0 Å². The van der Waals surface area contributed by atoms with Crippen LogP contribution in [0, 0.1) is 6.92 Å². The van der Waals surface area contributed by atoms with Crippen LogP contribution in [0.5, 0.6) is 5.75 Å². The summed E-state index contributed by atoms with van der Waals surface area (Å²) in [5.74, 6) is 1.49. The highest BCUT2D eigenvalue weighted by Crippen LogP contribution is 2.26. The first kappa shape index (κ1) is 20.9. The molecule has 3 aromatic heterocycles. The third-order valence-electron chi connectivity index (χ3n) is 5.96. The Bertz CT molecular complexity index is 1250. The number of carbonyl (C=O) groups is 1. The molecule has 33 heavy (non-hydrogen) atoms. The SMILES string of the molecule is Cc1cc(C(=O)NCc2ccncc2)nnc1N1CCC(Oc2ccc3[nH]ccc3c2)CC1. The molecule has 168 valence electrons. The van der Waals surface area contributed by atoms with Gasteiger partial charge >= 0.3 is 0 Å². The van der Waals surface area contributed by atoms with E-state index in [1.807, 2.05) is 37.4 Å². The van der Waals surface area contributed by atoms with E-state index in [0.29, 0.717) is 12.2 Å². The number of nitrogens with zero attached hydrogens (tertiary/aromatic N) is 4. The first-order chi connectivity index (χ1) is 16.2. The van der Waals surface area contributed by atoms with Gasteiger partial charge in [0.2, 0.25) is 0 Å². The highest BCUT2D eigenvalue weighted by atomic mass is 16.5. The molecular weight excluding hydrogens is 416 g/mol. The molecule has 0 spiro atoms. The van der Waals surface area contributed by atoms with E-state index in [2.05, 4.69) is 42.5 Å². The molecule has 0 aliphatic carbocycles. The monoisotopic (exact) mass is 442 g/mol. The molecule has 2 N–H and O–H groups in total. The Hall–Kier alpha value is -3.94. The smallest absolute Gasteiger partial charge is 0.272 e. The molecule has 0 bridgehead atoms. The molecule has 8 nitrogen and oxygen atoms in total. The summed E-state index contributed by atoms with van der Waals surface area (Å²) in [4.78, 5) is 21.9. The number of pyridine rings is 1. The zero-order valence-electron chi connectivity index (χ0n) is 18.5. The molecule has 1 aromatic carbocycles. The Morgan fingerprint density at radius 3 is 2.73 bits per heavy atom. The van der Waals surface area contributed by atoms with E-state index in [4.69, 9.17) is 4.74 Å². The van der Waals surface area contributed by atoms with Gasteiger partial charge in [0.05, 0.1) is 0 Å². The quantitative estimate of drug-likeness (QED) is 0.473. The van der Waals surface area contributed by atoms with Gasteiger partial charge in [-0.25, -0.2) is 0 Å². The Morgan fingerprint density at radius 2 is 1.94 bits per heavy atom. The molecule has 4 aromatic rings. The summed E-state index contributed by atoms with van der Waals surface area (Å²) >= 11 is 0. The van der Waals surface area contributed by atoms with E-state index in [1.165, 1.54) is 0 Å². The number of H-pyrrole nitrogens is 1. The largest absolute Gasteiger partial charge is 0.490 e. The predicted octanol–water partition coefficient (Wildman–Crippen LogP) is 3.64. The van der Waals surface area contributed by atoms with Gasteiger partial charge in [-0.2, -0.15) is 0 Å². The number of nitrogens with one attached hydrogen (secondary N) is 2. The molecule has 1 aliphatic heterocycles. The van der Waals surface area contributed by atoms with Crippen LogP contribution < -0.4 is 15.0 Å². The Morgan fingerprint density at radius 1 is 1.12 bits per heavy atom. The molecule has 8 heteroatoms. The van der Waals surface area contributed by atoms with Crippen LogP contribution in [-0.4, -0.2) is 45.3 Å². The molecule has 0 atom stereocenters. The average Bonchev–Trinajstić information content (AvgIpc) is 3.32. The van der Waals surface area contributed by atoms with Crippen molar-refractivity contribution in [2.75, 3.05) is 18.0 Å². The Labute approximate surface area is 192 Å². The van der Waals surface area contributed by atoms with E-state index in [9.17, 15) is 4.79 Å². The number of ether oxygens (including phenoxy) is 1. The van der Waals surface area contributed by atoms with Crippen LogP contribution in [0.2, 0.25) is 0 Å². The first-order valence-corrected chi connectivity index (χ1v) is 11.2. The molecule has 0 unspecified atom stereocenters. The van der Waals surface area contributed by atoms with Crippen molar-refractivity contribution in [2.24, 2.45) is 0 Å². The minimum Gasteiger partial charge on any atom is -0.490 e. The Kier molecular flexibility index (Phi) is 5.89. The zero-order chi connectivity index (χ0) is 22.6. The van der Waals surface area contributed by atoms with Crippen LogP contribution in [0.1, 0.15) is 34.5 Å². The normalized spacial score (nSPS) is 14.4. The molecule has 0 saturated carbocycles. The Balaban J connectivity index is 1.17. The van der Waals surface area contributed by atoms with E-state index < -0.39 is 0 Å². The molecule has 5 rings (SSSR count). The number of rotatable bonds is 6. The number of hydrogen-bond donors (Lipinski definition) is 2. The van der Waals surface area contributed by atoms with Gasteiger partial charge in [-0.3, -0.25) is 9.78 Å². The summed E-state index contributed by atoms with van der Waals surface area (Å²) < 4.78 is 6.23. The van der Waals surface area contributed by atoms with E-state index in [-0.39, 0.29) is 12.0 Å². The summed E-state index contributed by atoms with van der Waals surface area (Å²) in [5.41, 5.74) is 3.36. The van der Waals surface area contributed by atoms with Crippen molar-refractivity contribution in [3.8, 4) is 5.75 Å². The van der Waals surface area contributed by atoms with Crippen molar-refractivity contribution in [1.29, 1.82) is 0 Å². The van der Waals surface area contributed by atoms with Crippen LogP contribution in [0.25, 0.3) is 10.9 Å². The van der Waals surface area contributed by atoms with E-state index in [0.717, 1.165) is 59.5 Å². The maximum atomic E-state index is 12.5. The third-order valence-corrected chi connectivity index (χ3v) is 5.96. The average molecular weight is 443 g/mol. The molecule has 1 saturated heterocycles. The van der Waals surface area contributed by atoms with Gasteiger partial charge in [-0.15, -0.1) is 10.2 Å². The second kappa shape index (κ2) is 9.28. The lowest BCUT2D eigenvalue weighted by Gasteiger charge is -2.33. The van der Waals surface area contributed by atoms with Crippen molar-refractivity contribution in [1.82, 2.24) is 25.5 Å². The van der Waals surface area contributed by atoms with Crippen LogP contribution in [0.3, 0.4) is 0 Å². The zero-order valence-corrected chi connectivity index (χ0v) is 18.5. The summed E-state index contributed by atoms with van der Waals surface area (Å²) in [6.45, 7) is 4.06. The first-order valence-electron chi connectivity index (χ1n) is 11.2. The minimum absolute atomic E-state index is 0.171. The molecule has 1 fully saturated rings. The summed E-state index contributed by atoms with van der Waals surface area (Å²) in [6, 6.07) is 13.7. The van der Waals surface area contributed by atoms with Crippen LogP contribution in [-0.2, 0) is 6.54 Å². The lowest BCUT2D eigenvalue weighted by Crippen LogP contribution is -2.39. The standard InChI is InChI=1S/C25H26N6O2/c1-17-14-23(25(32)28-16-18-4-9-26-10-5-18)29-30-24(17)31-12-7-20(8-13-31)33-21-2-3-22-19(15-21)6-11-27-22/h2-6,9-11,14-15,20,27H,7-8,12-13,16H2,1H3,(H,28,32). The van der Waals surface area contributed by atoms with Crippen molar-refractivity contribution >= 4 is 22.6 Å². The minimum atomic E-state index is -0.236. The van der Waals surface area contributed by atoms with Gasteiger partial charge in [0.25, 0.3) is 5.91 Å². The highest BCUT2D eigenvalue weighted by molar-refractivity contribution is 5.92. The molecule has 1 amide bonds. The fourth-order valence-electron chi connectivity index (χ4n) is 4.16. The highest BCUT2D eigenvalue weighted by Gasteiger charge is 2.23. The molecule has 4 heterocycles. The summed E-state index contributed by atoms with van der Waals surface area (Å²) in [7, 11) is 0. The van der Waals surface area contributed by atoms with Gasteiger partial charge in [0.1, 0.15) is 11.9 Å². The number of amides is 1. The van der Waals surface area contributed by atoms with Gasteiger partial charge in [0.15, 0.2) is 11.5 Å². The van der Waals surface area contributed by atoms with Gasteiger partial charge < -0.3 is 19.9 Å². The molecule has 1 aliphatic rings. The molecule has 0 radical (unpaired) electrons. The van der Waals surface area contributed by atoms with E-state index >= 15 is 0 Å². The van der Waals surface area contributed by atoms with Crippen LogP contribution in [0.4, 0.5) is 5.82 Å².